The molecular formula is C11H9FN4O3. The zero-order chi connectivity index (χ0) is 13.8. The summed E-state index contributed by atoms with van der Waals surface area (Å²) in [7, 11) is 0. The molecule has 0 spiro atoms. The van der Waals surface area contributed by atoms with Gasteiger partial charge in [0.1, 0.15) is 11.6 Å². The molecule has 2 rings (SSSR count). The molecule has 0 atom stereocenters. The lowest BCUT2D eigenvalue weighted by Gasteiger charge is -2.04. The van der Waals surface area contributed by atoms with Gasteiger partial charge in [-0.2, -0.15) is 0 Å². The molecule has 1 aromatic heterocycles. The lowest BCUT2D eigenvalue weighted by molar-refractivity contribution is -0.384. The minimum absolute atomic E-state index is 0.0773. The number of non-ortho nitro benzene ring substituents is 1. The molecule has 0 radical (unpaired) electrons. The Balaban J connectivity index is 2.14. The van der Waals surface area contributed by atoms with Gasteiger partial charge in [-0.3, -0.25) is 14.9 Å². The van der Waals surface area contributed by atoms with Gasteiger partial charge in [-0.05, 0) is 6.07 Å². The first-order chi connectivity index (χ1) is 9.08. The fourth-order valence-corrected chi connectivity index (χ4v) is 1.45. The second-order valence-electron chi connectivity index (χ2n) is 3.64. The molecule has 2 N–H and O–H groups in total. The van der Waals surface area contributed by atoms with E-state index in [9.17, 15) is 19.3 Å². The lowest BCUT2D eigenvalue weighted by Crippen LogP contribution is -2.24. The van der Waals surface area contributed by atoms with E-state index in [2.05, 4.69) is 15.3 Å². The minimum atomic E-state index is -0.817. The van der Waals surface area contributed by atoms with Gasteiger partial charge in [-0.15, -0.1) is 0 Å². The molecule has 0 unspecified atom stereocenters. The molecule has 0 saturated heterocycles. The van der Waals surface area contributed by atoms with Gasteiger partial charge in [-0.1, -0.05) is 0 Å². The third-order valence-corrected chi connectivity index (χ3v) is 2.38. The molecule has 1 aromatic carbocycles. The van der Waals surface area contributed by atoms with E-state index >= 15 is 0 Å². The standard InChI is InChI=1S/C11H9FN4O3/c12-9-2-1-7(16(18)19)5-8(9)11(17)15-6-10-13-3-4-14-10/h1-5H,6H2,(H,13,14)(H,15,17). The van der Waals surface area contributed by atoms with Gasteiger partial charge in [0.05, 0.1) is 17.0 Å². The average Bonchev–Trinajstić information content (AvgIpc) is 2.89. The molecular weight excluding hydrogens is 255 g/mol. The van der Waals surface area contributed by atoms with E-state index in [1.807, 2.05) is 0 Å². The predicted octanol–water partition coefficient (Wildman–Crippen LogP) is 1.39. The fraction of sp³-hybridized carbons (Fsp3) is 0.0909. The number of nitro benzene ring substituents is 1. The number of aromatic amines is 1. The summed E-state index contributed by atoms with van der Waals surface area (Å²) in [6, 6.07) is 2.78. The van der Waals surface area contributed by atoms with Crippen LogP contribution in [0.15, 0.2) is 30.6 Å². The molecule has 98 valence electrons. The topological polar surface area (TPSA) is 101 Å². The second-order valence-corrected chi connectivity index (χ2v) is 3.64. The highest BCUT2D eigenvalue weighted by Gasteiger charge is 2.16. The molecule has 8 heteroatoms. The van der Waals surface area contributed by atoms with Gasteiger partial charge in [0.25, 0.3) is 11.6 Å². The smallest absolute Gasteiger partial charge is 0.270 e. The largest absolute Gasteiger partial charge is 0.347 e. The molecule has 7 nitrogen and oxygen atoms in total. The fourth-order valence-electron chi connectivity index (χ4n) is 1.45. The van der Waals surface area contributed by atoms with E-state index in [4.69, 9.17) is 0 Å². The summed E-state index contributed by atoms with van der Waals surface area (Å²) in [6.07, 6.45) is 3.09. The van der Waals surface area contributed by atoms with Gasteiger partial charge in [0, 0.05) is 24.5 Å². The normalized spacial score (nSPS) is 10.2. The molecule has 2 aromatic rings. The molecule has 0 bridgehead atoms. The molecule has 0 saturated carbocycles. The zero-order valence-electron chi connectivity index (χ0n) is 9.59. The van der Waals surface area contributed by atoms with Crippen LogP contribution in [0.4, 0.5) is 10.1 Å². The number of aromatic nitrogens is 2. The Morgan fingerprint density at radius 1 is 1.53 bits per heavy atom. The summed E-state index contributed by atoms with van der Waals surface area (Å²) < 4.78 is 13.4. The Morgan fingerprint density at radius 2 is 2.32 bits per heavy atom. The monoisotopic (exact) mass is 264 g/mol. The van der Waals surface area contributed by atoms with E-state index in [0.717, 1.165) is 18.2 Å². The highest BCUT2D eigenvalue weighted by molar-refractivity contribution is 5.95. The van der Waals surface area contributed by atoms with Crippen LogP contribution in [0.2, 0.25) is 0 Å². The van der Waals surface area contributed by atoms with Crippen molar-refractivity contribution in [1.82, 2.24) is 15.3 Å². The Kier molecular flexibility index (Phi) is 3.51. The van der Waals surface area contributed by atoms with E-state index in [1.54, 1.807) is 6.20 Å². The summed E-state index contributed by atoms with van der Waals surface area (Å²) >= 11 is 0. The third kappa shape index (κ3) is 2.92. The Labute approximate surface area is 106 Å². The molecule has 1 heterocycles. The molecule has 1 amide bonds. The Morgan fingerprint density at radius 3 is 2.95 bits per heavy atom. The maximum atomic E-state index is 13.4. The summed E-state index contributed by atoms with van der Waals surface area (Å²) in [5, 5.41) is 13.0. The SMILES string of the molecule is O=C(NCc1ncc[nH]1)c1cc([N+](=O)[O-])ccc1F. The highest BCUT2D eigenvalue weighted by atomic mass is 19.1. The minimum Gasteiger partial charge on any atom is -0.347 e. The van der Waals surface area contributed by atoms with Crippen LogP contribution in [0.3, 0.4) is 0 Å². The number of benzene rings is 1. The van der Waals surface area contributed by atoms with Crippen molar-refractivity contribution in [3.63, 3.8) is 0 Å². The van der Waals surface area contributed by atoms with Gasteiger partial charge < -0.3 is 10.3 Å². The first-order valence-electron chi connectivity index (χ1n) is 5.28. The van der Waals surface area contributed by atoms with E-state index in [1.165, 1.54) is 6.20 Å². The first kappa shape index (κ1) is 12.7. The van der Waals surface area contributed by atoms with Crippen LogP contribution >= 0.6 is 0 Å². The first-order valence-corrected chi connectivity index (χ1v) is 5.28. The quantitative estimate of drug-likeness (QED) is 0.643. The number of hydrogen-bond donors (Lipinski definition) is 2. The van der Waals surface area contributed by atoms with Crippen molar-refractivity contribution in [1.29, 1.82) is 0 Å². The maximum absolute atomic E-state index is 13.4. The van der Waals surface area contributed by atoms with Gasteiger partial charge in [0.15, 0.2) is 0 Å². The van der Waals surface area contributed by atoms with Crippen LogP contribution in [0.5, 0.6) is 0 Å². The van der Waals surface area contributed by atoms with Crippen LogP contribution < -0.4 is 5.32 Å². The van der Waals surface area contributed by atoms with Crippen molar-refractivity contribution in [2.75, 3.05) is 0 Å². The van der Waals surface area contributed by atoms with Gasteiger partial charge >= 0.3 is 0 Å². The van der Waals surface area contributed by atoms with E-state index < -0.39 is 16.6 Å². The summed E-state index contributed by atoms with van der Waals surface area (Å²) in [5.41, 5.74) is -0.717. The molecule has 0 fully saturated rings. The van der Waals surface area contributed by atoms with E-state index in [-0.39, 0.29) is 17.8 Å². The number of H-pyrrole nitrogens is 1. The van der Waals surface area contributed by atoms with Crippen LogP contribution in [0.1, 0.15) is 16.2 Å². The Bertz CT molecular complexity index is 612. The molecule has 19 heavy (non-hydrogen) atoms. The average molecular weight is 264 g/mol. The van der Waals surface area contributed by atoms with Crippen LogP contribution in [0.25, 0.3) is 0 Å². The number of nitrogens with one attached hydrogen (secondary N) is 2. The van der Waals surface area contributed by atoms with Crippen LogP contribution in [-0.2, 0) is 6.54 Å². The number of carbonyl (C=O) groups excluding carboxylic acids is 1. The third-order valence-electron chi connectivity index (χ3n) is 2.38. The van der Waals surface area contributed by atoms with Crippen molar-refractivity contribution in [3.8, 4) is 0 Å². The maximum Gasteiger partial charge on any atom is 0.270 e. The number of nitrogens with zero attached hydrogens (tertiary/aromatic N) is 2. The number of halogens is 1. The summed E-state index contributed by atoms with van der Waals surface area (Å²) in [4.78, 5) is 28.2. The van der Waals surface area contributed by atoms with Crippen LogP contribution in [0, 0.1) is 15.9 Å². The van der Waals surface area contributed by atoms with Crippen LogP contribution in [-0.4, -0.2) is 20.8 Å². The van der Waals surface area contributed by atoms with Crippen molar-refractivity contribution < 1.29 is 14.1 Å². The lowest BCUT2D eigenvalue weighted by atomic mass is 10.1. The predicted molar refractivity (Wildman–Crippen MR) is 62.8 cm³/mol. The summed E-state index contributed by atoms with van der Waals surface area (Å²) in [6.45, 7) is 0.0773. The van der Waals surface area contributed by atoms with Crippen molar-refractivity contribution in [3.05, 3.63) is 57.9 Å². The van der Waals surface area contributed by atoms with Crippen molar-refractivity contribution >= 4 is 11.6 Å². The molecule has 0 aliphatic rings. The number of rotatable bonds is 4. The molecule has 0 aliphatic heterocycles. The second kappa shape index (κ2) is 5.25. The van der Waals surface area contributed by atoms with Gasteiger partial charge in [-0.25, -0.2) is 9.37 Å². The molecule has 0 aliphatic carbocycles. The zero-order valence-corrected chi connectivity index (χ0v) is 9.59. The number of nitro groups is 1. The van der Waals surface area contributed by atoms with Gasteiger partial charge in [0.2, 0.25) is 0 Å². The number of hydrogen-bond acceptors (Lipinski definition) is 4. The van der Waals surface area contributed by atoms with Crippen molar-refractivity contribution in [2.24, 2.45) is 0 Å². The number of imidazole rings is 1. The highest BCUT2D eigenvalue weighted by Crippen LogP contribution is 2.16. The van der Waals surface area contributed by atoms with Crippen molar-refractivity contribution in [2.45, 2.75) is 6.54 Å². The number of amides is 1. The van der Waals surface area contributed by atoms with E-state index in [0.29, 0.717) is 5.82 Å². The number of carbonyl (C=O) groups is 1. The Hall–Kier alpha value is -2.77. The summed E-state index contributed by atoms with van der Waals surface area (Å²) in [5.74, 6) is -1.06.